The number of rotatable bonds is 5. The van der Waals surface area contributed by atoms with Crippen LogP contribution < -0.4 is 10.1 Å². The summed E-state index contributed by atoms with van der Waals surface area (Å²) in [5.74, 6) is 0.945. The summed E-state index contributed by atoms with van der Waals surface area (Å²) < 4.78 is 6.54. The molecule has 0 saturated heterocycles. The Hall–Kier alpha value is -0.840. The highest BCUT2D eigenvalue weighted by Gasteiger charge is 2.03. The molecule has 0 saturated carbocycles. The topological polar surface area (TPSA) is 21.3 Å². The van der Waals surface area contributed by atoms with Gasteiger partial charge in [0.15, 0.2) is 0 Å². The van der Waals surface area contributed by atoms with Gasteiger partial charge in [-0.05, 0) is 41.1 Å². The Morgan fingerprint density at radius 3 is 2.72 bits per heavy atom. The third kappa shape index (κ3) is 3.57. The molecule has 0 atom stereocenters. The standard InChI is InChI=1S/C14H16BrNOS/c1-10-3-5-13(17-2)11(7-10)8-16-9-12-4-6-14(15)18-12/h3-7,16H,8-9H2,1-2H3. The van der Waals surface area contributed by atoms with Crippen molar-refractivity contribution in [2.45, 2.75) is 20.0 Å². The highest BCUT2D eigenvalue weighted by Crippen LogP contribution is 2.23. The lowest BCUT2D eigenvalue weighted by molar-refractivity contribution is 0.407. The first-order valence-corrected chi connectivity index (χ1v) is 7.38. The van der Waals surface area contributed by atoms with E-state index < -0.39 is 0 Å². The third-order valence-electron chi connectivity index (χ3n) is 2.68. The maximum atomic E-state index is 5.36. The van der Waals surface area contributed by atoms with E-state index in [1.807, 2.05) is 6.07 Å². The predicted octanol–water partition coefficient (Wildman–Crippen LogP) is 4.12. The van der Waals surface area contributed by atoms with Gasteiger partial charge in [0.2, 0.25) is 0 Å². The zero-order valence-electron chi connectivity index (χ0n) is 10.5. The lowest BCUT2D eigenvalue weighted by atomic mass is 10.1. The van der Waals surface area contributed by atoms with Gasteiger partial charge >= 0.3 is 0 Å². The number of thiophene rings is 1. The van der Waals surface area contributed by atoms with Gasteiger partial charge in [-0.1, -0.05) is 17.7 Å². The van der Waals surface area contributed by atoms with E-state index in [9.17, 15) is 0 Å². The van der Waals surface area contributed by atoms with Gasteiger partial charge in [0, 0.05) is 23.5 Å². The minimum atomic E-state index is 0.820. The molecule has 0 aliphatic rings. The van der Waals surface area contributed by atoms with E-state index in [0.29, 0.717) is 0 Å². The molecule has 0 radical (unpaired) electrons. The Morgan fingerprint density at radius 1 is 1.22 bits per heavy atom. The van der Waals surface area contributed by atoms with E-state index in [1.54, 1.807) is 18.4 Å². The van der Waals surface area contributed by atoms with Crippen LogP contribution in [0.5, 0.6) is 5.75 Å². The lowest BCUT2D eigenvalue weighted by Gasteiger charge is -2.10. The zero-order valence-corrected chi connectivity index (χ0v) is 12.9. The number of methoxy groups -OCH3 is 1. The fraction of sp³-hybridized carbons (Fsp3) is 0.286. The van der Waals surface area contributed by atoms with Gasteiger partial charge in [0.1, 0.15) is 5.75 Å². The monoisotopic (exact) mass is 325 g/mol. The van der Waals surface area contributed by atoms with Crippen molar-refractivity contribution in [1.82, 2.24) is 5.32 Å². The van der Waals surface area contributed by atoms with Gasteiger partial charge in [-0.25, -0.2) is 0 Å². The minimum Gasteiger partial charge on any atom is -0.496 e. The van der Waals surface area contributed by atoms with Crippen molar-refractivity contribution in [2.24, 2.45) is 0 Å². The molecule has 1 heterocycles. The summed E-state index contributed by atoms with van der Waals surface area (Å²) in [6, 6.07) is 10.5. The number of halogens is 1. The molecule has 0 aliphatic carbocycles. The summed E-state index contributed by atoms with van der Waals surface area (Å²) in [4.78, 5) is 1.33. The normalized spacial score (nSPS) is 10.6. The van der Waals surface area contributed by atoms with Crippen LogP contribution in [0.25, 0.3) is 0 Å². The first kappa shape index (κ1) is 13.6. The van der Waals surface area contributed by atoms with Crippen molar-refractivity contribution in [2.75, 3.05) is 7.11 Å². The molecule has 4 heteroatoms. The molecule has 0 unspecified atom stereocenters. The van der Waals surface area contributed by atoms with E-state index in [0.717, 1.165) is 18.8 Å². The molecule has 2 nitrogen and oxygen atoms in total. The van der Waals surface area contributed by atoms with Crippen LogP contribution in [0.2, 0.25) is 0 Å². The second kappa shape index (κ2) is 6.36. The van der Waals surface area contributed by atoms with Crippen molar-refractivity contribution in [3.05, 3.63) is 50.1 Å². The van der Waals surface area contributed by atoms with Crippen molar-refractivity contribution in [3.63, 3.8) is 0 Å². The third-order valence-corrected chi connectivity index (χ3v) is 4.30. The maximum Gasteiger partial charge on any atom is 0.123 e. The molecular weight excluding hydrogens is 310 g/mol. The van der Waals surface area contributed by atoms with Crippen molar-refractivity contribution >= 4 is 27.3 Å². The molecule has 0 aliphatic heterocycles. The van der Waals surface area contributed by atoms with Crippen LogP contribution in [0.3, 0.4) is 0 Å². The summed E-state index contributed by atoms with van der Waals surface area (Å²) in [5, 5.41) is 3.44. The molecule has 0 fully saturated rings. The molecule has 96 valence electrons. The van der Waals surface area contributed by atoms with Crippen molar-refractivity contribution in [3.8, 4) is 5.75 Å². The van der Waals surface area contributed by atoms with Gasteiger partial charge in [-0.2, -0.15) is 0 Å². The first-order valence-electron chi connectivity index (χ1n) is 5.77. The Labute approximate surface area is 120 Å². The maximum absolute atomic E-state index is 5.36. The summed E-state index contributed by atoms with van der Waals surface area (Å²) in [5.41, 5.74) is 2.46. The quantitative estimate of drug-likeness (QED) is 0.892. The second-order valence-corrected chi connectivity index (χ2v) is 6.67. The van der Waals surface area contributed by atoms with Crippen LogP contribution >= 0.6 is 27.3 Å². The number of benzene rings is 1. The van der Waals surface area contributed by atoms with Gasteiger partial charge in [0.25, 0.3) is 0 Å². The molecule has 0 amide bonds. The van der Waals surface area contributed by atoms with E-state index in [4.69, 9.17) is 4.74 Å². The molecule has 1 aromatic carbocycles. The van der Waals surface area contributed by atoms with Crippen LogP contribution in [0, 0.1) is 6.92 Å². The highest BCUT2D eigenvalue weighted by molar-refractivity contribution is 9.11. The lowest BCUT2D eigenvalue weighted by Crippen LogP contribution is -2.12. The van der Waals surface area contributed by atoms with Crippen LogP contribution in [-0.2, 0) is 13.1 Å². The predicted molar refractivity (Wildman–Crippen MR) is 80.3 cm³/mol. The van der Waals surface area contributed by atoms with E-state index in [2.05, 4.69) is 52.4 Å². The summed E-state index contributed by atoms with van der Waals surface area (Å²) in [7, 11) is 1.71. The molecule has 1 aromatic heterocycles. The zero-order chi connectivity index (χ0) is 13.0. The summed E-state index contributed by atoms with van der Waals surface area (Å²) >= 11 is 5.23. The van der Waals surface area contributed by atoms with Crippen LogP contribution in [0.15, 0.2) is 34.1 Å². The van der Waals surface area contributed by atoms with Crippen LogP contribution in [0.1, 0.15) is 16.0 Å². The SMILES string of the molecule is COc1ccc(C)cc1CNCc1ccc(Br)s1. The molecule has 18 heavy (non-hydrogen) atoms. The number of hydrogen-bond donors (Lipinski definition) is 1. The molecule has 0 spiro atoms. The smallest absolute Gasteiger partial charge is 0.123 e. The fourth-order valence-electron chi connectivity index (χ4n) is 1.81. The Kier molecular flexibility index (Phi) is 4.80. The van der Waals surface area contributed by atoms with Gasteiger partial charge in [-0.3, -0.25) is 0 Å². The van der Waals surface area contributed by atoms with Gasteiger partial charge < -0.3 is 10.1 Å². The van der Waals surface area contributed by atoms with Gasteiger partial charge in [0.05, 0.1) is 10.9 Å². The minimum absolute atomic E-state index is 0.820. The van der Waals surface area contributed by atoms with Crippen molar-refractivity contribution in [1.29, 1.82) is 0 Å². The average Bonchev–Trinajstić information content (AvgIpc) is 2.75. The summed E-state index contributed by atoms with van der Waals surface area (Å²) in [6.45, 7) is 3.80. The Morgan fingerprint density at radius 2 is 2.06 bits per heavy atom. The van der Waals surface area contributed by atoms with Gasteiger partial charge in [-0.15, -0.1) is 11.3 Å². The largest absolute Gasteiger partial charge is 0.496 e. The Bertz CT molecular complexity index is 524. The fourth-order valence-corrected chi connectivity index (χ4v) is 3.27. The second-order valence-electron chi connectivity index (χ2n) is 4.12. The van der Waals surface area contributed by atoms with E-state index >= 15 is 0 Å². The number of aryl methyl sites for hydroxylation is 1. The van der Waals surface area contributed by atoms with E-state index in [1.165, 1.54) is 19.8 Å². The number of ether oxygens (including phenoxy) is 1. The van der Waals surface area contributed by atoms with Crippen molar-refractivity contribution < 1.29 is 4.74 Å². The molecule has 2 rings (SSSR count). The number of hydrogen-bond acceptors (Lipinski definition) is 3. The first-order chi connectivity index (χ1) is 8.69. The summed E-state index contributed by atoms with van der Waals surface area (Å²) in [6.07, 6.45) is 0. The molecule has 0 bridgehead atoms. The Balaban J connectivity index is 1.95. The average molecular weight is 326 g/mol. The molecular formula is C14H16BrNOS. The molecule has 1 N–H and O–H groups in total. The number of nitrogens with one attached hydrogen (secondary N) is 1. The van der Waals surface area contributed by atoms with Crippen LogP contribution in [-0.4, -0.2) is 7.11 Å². The van der Waals surface area contributed by atoms with E-state index in [-0.39, 0.29) is 0 Å². The highest BCUT2D eigenvalue weighted by atomic mass is 79.9. The molecule has 2 aromatic rings. The van der Waals surface area contributed by atoms with Crippen LogP contribution in [0.4, 0.5) is 0 Å².